The first kappa shape index (κ1) is 26.0. The monoisotopic (exact) mass is 562 g/mol. The van der Waals surface area contributed by atoms with Gasteiger partial charge in [-0.25, -0.2) is 23.5 Å². The molecule has 0 aliphatic carbocycles. The minimum absolute atomic E-state index is 0.0827. The number of thiazole rings is 1. The fourth-order valence-electron chi connectivity index (χ4n) is 3.75. The van der Waals surface area contributed by atoms with Crippen LogP contribution in [0.1, 0.15) is 10.5 Å². The van der Waals surface area contributed by atoms with Gasteiger partial charge in [0.2, 0.25) is 0 Å². The van der Waals surface area contributed by atoms with Crippen LogP contribution >= 0.6 is 11.3 Å². The Kier molecular flexibility index (Phi) is 7.63. The first-order chi connectivity index (χ1) is 18.9. The van der Waals surface area contributed by atoms with E-state index >= 15 is 0 Å². The molecule has 0 radical (unpaired) electrons. The van der Waals surface area contributed by atoms with Gasteiger partial charge in [-0.05, 0) is 30.3 Å². The minimum atomic E-state index is -2.56. The Morgan fingerprint density at radius 2 is 1.67 bits per heavy atom. The number of ether oxygens (including phenoxy) is 2. The molecule has 0 spiro atoms. The van der Waals surface area contributed by atoms with Crippen molar-refractivity contribution in [3.63, 3.8) is 0 Å². The zero-order chi connectivity index (χ0) is 27.4. The summed E-state index contributed by atoms with van der Waals surface area (Å²) in [6.45, 7) is 0. The number of amides is 1. The molecule has 0 bridgehead atoms. The van der Waals surface area contributed by atoms with Gasteiger partial charge in [0.1, 0.15) is 17.2 Å². The number of carbonyl (C=O) groups is 1. The number of nitrogens with one attached hydrogen (secondary N) is 2. The van der Waals surface area contributed by atoms with E-state index in [2.05, 4.69) is 20.6 Å². The van der Waals surface area contributed by atoms with Gasteiger partial charge in [0, 0.05) is 35.0 Å². The molecule has 0 aliphatic rings. The summed E-state index contributed by atoms with van der Waals surface area (Å²) in [5.74, 6) is 0.976. The quantitative estimate of drug-likeness (QED) is 0.202. The van der Waals surface area contributed by atoms with Crippen LogP contribution in [0, 0.1) is 0 Å². The third kappa shape index (κ3) is 5.80. The second-order valence-electron chi connectivity index (χ2n) is 8.01. The highest BCUT2D eigenvalue weighted by atomic mass is 32.2. The van der Waals surface area contributed by atoms with E-state index in [4.69, 9.17) is 14.5 Å². The van der Waals surface area contributed by atoms with Crippen molar-refractivity contribution in [2.45, 2.75) is 0 Å². The van der Waals surface area contributed by atoms with Crippen molar-refractivity contribution in [1.29, 1.82) is 0 Å². The summed E-state index contributed by atoms with van der Waals surface area (Å²) in [6.07, 6.45) is 0. The molecule has 2 aromatic heterocycles. The fraction of sp³-hybridized carbons (Fsp3) is 0.0769. The van der Waals surface area contributed by atoms with Crippen molar-refractivity contribution >= 4 is 68.2 Å². The largest absolute Gasteiger partial charge is 0.497 e. The highest BCUT2D eigenvalue weighted by Crippen LogP contribution is 2.36. The molecular weight excluding hydrogens is 540 g/mol. The average Bonchev–Trinajstić information content (AvgIpc) is 3.49. The predicted octanol–water partition coefficient (Wildman–Crippen LogP) is 5.37. The number of hydrogen-bond acceptors (Lipinski definition) is 9. The predicted molar refractivity (Wildman–Crippen MR) is 152 cm³/mol. The van der Waals surface area contributed by atoms with E-state index in [-0.39, 0.29) is 17.3 Å². The van der Waals surface area contributed by atoms with Crippen LogP contribution in [0.15, 0.2) is 77.6 Å². The van der Waals surface area contributed by atoms with Crippen molar-refractivity contribution in [1.82, 2.24) is 15.0 Å². The van der Waals surface area contributed by atoms with Crippen LogP contribution in [0.3, 0.4) is 0 Å². The molecule has 0 saturated heterocycles. The SMILES string of the molecule is COc1cc(Nc2nc3ccccc3nc2N(c2cccc(NC(=O)c3cscn3)c2)S(=O)O)cc(OC)c1. The summed E-state index contributed by atoms with van der Waals surface area (Å²) in [5.41, 5.74) is 4.19. The molecule has 1 amide bonds. The summed E-state index contributed by atoms with van der Waals surface area (Å²) < 4.78 is 35.0. The van der Waals surface area contributed by atoms with E-state index in [1.165, 1.54) is 25.6 Å². The molecule has 0 fully saturated rings. The maximum absolute atomic E-state index is 12.8. The number of carbonyl (C=O) groups excluding carboxylic acids is 1. The van der Waals surface area contributed by atoms with Crippen LogP contribution in [-0.4, -0.2) is 43.8 Å². The van der Waals surface area contributed by atoms with Crippen LogP contribution in [-0.2, 0) is 11.3 Å². The summed E-state index contributed by atoms with van der Waals surface area (Å²) in [7, 11) is 3.08. The number of fused-ring (bicyclic) bond motifs is 1. The van der Waals surface area contributed by atoms with E-state index in [1.54, 1.807) is 71.6 Å². The van der Waals surface area contributed by atoms with Gasteiger partial charge < -0.3 is 20.1 Å². The maximum atomic E-state index is 12.8. The summed E-state index contributed by atoms with van der Waals surface area (Å²) >= 11 is -1.26. The maximum Gasteiger partial charge on any atom is 0.275 e. The number of hydrogen-bond donors (Lipinski definition) is 3. The fourth-order valence-corrected chi connectivity index (χ4v) is 4.85. The normalized spacial score (nSPS) is 11.6. The summed E-state index contributed by atoms with van der Waals surface area (Å²) in [6, 6.07) is 18.9. The molecule has 3 aromatic carbocycles. The number of nitrogens with zero attached hydrogens (tertiary/aromatic N) is 4. The Balaban J connectivity index is 1.59. The Bertz CT molecular complexity index is 1640. The Labute approximate surface area is 229 Å². The van der Waals surface area contributed by atoms with Gasteiger partial charge in [-0.3, -0.25) is 9.35 Å². The Morgan fingerprint density at radius 3 is 2.31 bits per heavy atom. The molecular formula is C26H22N6O5S2. The molecule has 1 atom stereocenters. The van der Waals surface area contributed by atoms with Gasteiger partial charge in [0.15, 0.2) is 11.6 Å². The Morgan fingerprint density at radius 1 is 0.949 bits per heavy atom. The number of anilines is 5. The highest BCUT2D eigenvalue weighted by Gasteiger charge is 2.24. The van der Waals surface area contributed by atoms with Crippen molar-refractivity contribution in [2.24, 2.45) is 0 Å². The zero-order valence-corrected chi connectivity index (χ0v) is 22.3. The van der Waals surface area contributed by atoms with Gasteiger partial charge in [-0.15, -0.1) is 11.3 Å². The smallest absolute Gasteiger partial charge is 0.275 e. The van der Waals surface area contributed by atoms with Gasteiger partial charge in [0.05, 0.1) is 36.5 Å². The summed E-state index contributed by atoms with van der Waals surface area (Å²) in [4.78, 5) is 25.9. The van der Waals surface area contributed by atoms with Crippen LogP contribution in [0.5, 0.6) is 11.5 Å². The van der Waals surface area contributed by atoms with Crippen LogP contribution < -0.4 is 24.4 Å². The van der Waals surface area contributed by atoms with Crippen LogP contribution in [0.4, 0.5) is 28.7 Å². The molecule has 39 heavy (non-hydrogen) atoms. The minimum Gasteiger partial charge on any atom is -0.497 e. The molecule has 11 nitrogen and oxygen atoms in total. The van der Waals surface area contributed by atoms with E-state index in [9.17, 15) is 13.6 Å². The number of rotatable bonds is 9. The van der Waals surface area contributed by atoms with Gasteiger partial charge in [-0.2, -0.15) is 0 Å². The first-order valence-corrected chi connectivity index (χ1v) is 13.4. The lowest BCUT2D eigenvalue weighted by atomic mass is 10.2. The molecule has 5 rings (SSSR count). The molecule has 198 valence electrons. The van der Waals surface area contributed by atoms with E-state index in [0.717, 1.165) is 4.31 Å². The van der Waals surface area contributed by atoms with Gasteiger partial charge >= 0.3 is 0 Å². The molecule has 2 heterocycles. The summed E-state index contributed by atoms with van der Waals surface area (Å²) in [5, 5.41) is 7.57. The van der Waals surface area contributed by atoms with Gasteiger partial charge in [0.25, 0.3) is 17.2 Å². The topological polar surface area (TPSA) is 139 Å². The third-order valence-corrected chi connectivity index (χ3v) is 6.80. The molecule has 0 saturated carbocycles. The molecule has 3 N–H and O–H groups in total. The second kappa shape index (κ2) is 11.4. The molecule has 13 heteroatoms. The van der Waals surface area contributed by atoms with Crippen LogP contribution in [0.2, 0.25) is 0 Å². The number of methoxy groups -OCH3 is 2. The average molecular weight is 563 g/mol. The lowest BCUT2D eigenvalue weighted by molar-refractivity contribution is 0.102. The van der Waals surface area contributed by atoms with Crippen LogP contribution in [0.25, 0.3) is 11.0 Å². The van der Waals surface area contributed by atoms with Crippen molar-refractivity contribution in [2.75, 3.05) is 29.2 Å². The van der Waals surface area contributed by atoms with E-state index in [1.807, 2.05) is 6.07 Å². The highest BCUT2D eigenvalue weighted by molar-refractivity contribution is 7.81. The number of para-hydroxylation sites is 2. The van der Waals surface area contributed by atoms with Crippen molar-refractivity contribution in [3.8, 4) is 11.5 Å². The third-order valence-electron chi connectivity index (χ3n) is 5.52. The second-order valence-corrected chi connectivity index (χ2v) is 9.56. The Hall–Kier alpha value is -4.59. The number of aromatic nitrogens is 3. The van der Waals surface area contributed by atoms with E-state index < -0.39 is 17.2 Å². The number of benzene rings is 3. The van der Waals surface area contributed by atoms with Gasteiger partial charge in [-0.1, -0.05) is 18.2 Å². The van der Waals surface area contributed by atoms with Crippen molar-refractivity contribution < 1.29 is 23.0 Å². The molecule has 0 aliphatic heterocycles. The molecule has 1 unspecified atom stereocenters. The first-order valence-electron chi connectivity index (χ1n) is 11.4. The van der Waals surface area contributed by atoms with Crippen molar-refractivity contribution in [3.05, 3.63) is 83.3 Å². The lowest BCUT2D eigenvalue weighted by Gasteiger charge is -2.23. The standard InChI is InChI=1S/C26H22N6O5S2/c1-36-19-11-17(12-20(13-19)37-2)28-24-25(31-22-9-4-3-8-21(22)30-24)32(39(34)35)18-7-5-6-16(10-18)29-26(33)23-14-38-15-27-23/h3-15H,1-2H3,(H,28,30)(H,29,33)(H,34,35). The zero-order valence-electron chi connectivity index (χ0n) is 20.7. The lowest BCUT2D eigenvalue weighted by Crippen LogP contribution is -2.22. The molecule has 5 aromatic rings. The van der Waals surface area contributed by atoms with E-state index in [0.29, 0.717) is 39.6 Å².